The summed E-state index contributed by atoms with van der Waals surface area (Å²) in [7, 11) is 1.29. The summed E-state index contributed by atoms with van der Waals surface area (Å²) in [5.74, 6) is -2.24. The number of hydrogen-bond donors (Lipinski definition) is 2. The molecule has 0 saturated carbocycles. The number of nitrogens with zero attached hydrogens (tertiary/aromatic N) is 1. The Morgan fingerprint density at radius 1 is 0.912 bits per heavy atom. The van der Waals surface area contributed by atoms with Gasteiger partial charge in [0.15, 0.2) is 0 Å². The van der Waals surface area contributed by atoms with Crippen molar-refractivity contribution >= 4 is 23.4 Å². The van der Waals surface area contributed by atoms with Gasteiger partial charge in [0, 0.05) is 12.1 Å². The number of rotatable bonds is 5. The fraction of sp³-hybridized carbons (Fsp3) is 0.148. The molecule has 1 saturated heterocycles. The molecular weight excluding hydrogens is 434 g/mol. The molecule has 4 rings (SSSR count). The summed E-state index contributed by atoms with van der Waals surface area (Å²) < 4.78 is 4.71. The molecule has 1 aliphatic heterocycles. The van der Waals surface area contributed by atoms with Crippen LogP contribution in [0.4, 0.5) is 0 Å². The first-order valence-corrected chi connectivity index (χ1v) is 10.6. The standard InChI is InChI=1S/C27H23NO6/c1-16-3-7-19(8-4-16)24(30)22-23(18-11-13-21(29)14-12-18)28(26(32)25(22)31)15-17-5-9-20(10-6-17)27(33)34-2/h3-14,23,29-30H,15H2,1-2H3/b24-22+. The van der Waals surface area contributed by atoms with E-state index in [0.29, 0.717) is 22.3 Å². The molecule has 3 aromatic rings. The summed E-state index contributed by atoms with van der Waals surface area (Å²) in [4.78, 5) is 39.3. The van der Waals surface area contributed by atoms with Crippen LogP contribution in [0.15, 0.2) is 78.4 Å². The highest BCUT2D eigenvalue weighted by molar-refractivity contribution is 6.46. The van der Waals surface area contributed by atoms with E-state index in [1.54, 1.807) is 48.5 Å². The van der Waals surface area contributed by atoms with Crippen molar-refractivity contribution in [3.63, 3.8) is 0 Å². The number of ether oxygens (including phenoxy) is 1. The van der Waals surface area contributed by atoms with Crippen LogP contribution in [0.1, 0.15) is 38.7 Å². The number of amides is 1. The van der Waals surface area contributed by atoms with Crippen LogP contribution in [0.25, 0.3) is 5.76 Å². The van der Waals surface area contributed by atoms with E-state index in [4.69, 9.17) is 4.74 Å². The minimum atomic E-state index is -0.859. The minimum Gasteiger partial charge on any atom is -0.508 e. The Kier molecular flexibility index (Phi) is 6.19. The molecular formula is C27H23NO6. The van der Waals surface area contributed by atoms with Crippen molar-refractivity contribution in [1.82, 2.24) is 4.90 Å². The number of carbonyl (C=O) groups is 3. The Labute approximate surface area is 196 Å². The summed E-state index contributed by atoms with van der Waals surface area (Å²) in [6, 6.07) is 18.8. The minimum absolute atomic E-state index is 0.0225. The number of aromatic hydroxyl groups is 1. The topological polar surface area (TPSA) is 104 Å². The van der Waals surface area contributed by atoms with E-state index in [0.717, 1.165) is 5.56 Å². The van der Waals surface area contributed by atoms with Gasteiger partial charge in [-0.3, -0.25) is 9.59 Å². The van der Waals surface area contributed by atoms with Gasteiger partial charge in [0.05, 0.1) is 24.3 Å². The second kappa shape index (κ2) is 9.23. The molecule has 7 nitrogen and oxygen atoms in total. The SMILES string of the molecule is COC(=O)c1ccc(CN2C(=O)C(=O)/C(=C(/O)c3ccc(C)cc3)C2c2ccc(O)cc2)cc1. The largest absolute Gasteiger partial charge is 0.508 e. The third-order valence-electron chi connectivity index (χ3n) is 5.80. The lowest BCUT2D eigenvalue weighted by molar-refractivity contribution is -0.140. The molecule has 1 aliphatic rings. The van der Waals surface area contributed by atoms with E-state index in [1.165, 1.54) is 24.1 Å². The number of Topliss-reactive ketones (excluding diaryl/α,β-unsaturated/α-hetero) is 1. The number of esters is 1. The smallest absolute Gasteiger partial charge is 0.337 e. The third-order valence-corrected chi connectivity index (χ3v) is 5.80. The van der Waals surface area contributed by atoms with Gasteiger partial charge in [0.25, 0.3) is 11.7 Å². The van der Waals surface area contributed by atoms with E-state index in [1.807, 2.05) is 19.1 Å². The summed E-state index contributed by atoms with van der Waals surface area (Å²) in [6.45, 7) is 1.98. The van der Waals surface area contributed by atoms with Gasteiger partial charge in [-0.05, 0) is 42.3 Å². The van der Waals surface area contributed by atoms with Crippen LogP contribution in [0.3, 0.4) is 0 Å². The quantitative estimate of drug-likeness (QED) is 0.259. The molecule has 0 radical (unpaired) electrons. The van der Waals surface area contributed by atoms with Crippen molar-refractivity contribution in [2.75, 3.05) is 7.11 Å². The van der Waals surface area contributed by atoms with Gasteiger partial charge < -0.3 is 19.8 Å². The first kappa shape index (κ1) is 22.8. The molecule has 2 N–H and O–H groups in total. The van der Waals surface area contributed by atoms with E-state index in [2.05, 4.69) is 0 Å². The Bertz CT molecular complexity index is 1270. The molecule has 172 valence electrons. The van der Waals surface area contributed by atoms with Crippen LogP contribution >= 0.6 is 0 Å². The number of phenols is 1. The van der Waals surface area contributed by atoms with Gasteiger partial charge in [0.1, 0.15) is 11.5 Å². The van der Waals surface area contributed by atoms with Crippen molar-refractivity contribution in [2.24, 2.45) is 0 Å². The molecule has 0 aliphatic carbocycles. The maximum Gasteiger partial charge on any atom is 0.337 e. The molecule has 0 spiro atoms. The summed E-state index contributed by atoms with van der Waals surface area (Å²) in [5, 5.41) is 20.8. The maximum atomic E-state index is 13.1. The molecule has 34 heavy (non-hydrogen) atoms. The van der Waals surface area contributed by atoms with Crippen molar-refractivity contribution in [2.45, 2.75) is 19.5 Å². The molecule has 1 unspecified atom stereocenters. The van der Waals surface area contributed by atoms with Gasteiger partial charge in [-0.15, -0.1) is 0 Å². The van der Waals surface area contributed by atoms with Crippen LogP contribution in [-0.2, 0) is 20.9 Å². The number of hydrogen-bond acceptors (Lipinski definition) is 6. The van der Waals surface area contributed by atoms with Crippen LogP contribution < -0.4 is 0 Å². The van der Waals surface area contributed by atoms with Crippen LogP contribution in [0, 0.1) is 6.92 Å². The third kappa shape index (κ3) is 4.28. The average Bonchev–Trinajstić information content (AvgIpc) is 3.09. The van der Waals surface area contributed by atoms with E-state index in [-0.39, 0.29) is 23.6 Å². The van der Waals surface area contributed by atoms with Crippen LogP contribution in [-0.4, -0.2) is 39.9 Å². The fourth-order valence-electron chi connectivity index (χ4n) is 3.97. The molecule has 1 fully saturated rings. The molecule has 0 aromatic heterocycles. The number of phenolic OH excluding ortho intramolecular Hbond substituents is 1. The average molecular weight is 457 g/mol. The van der Waals surface area contributed by atoms with Crippen molar-refractivity contribution in [3.8, 4) is 5.75 Å². The highest BCUT2D eigenvalue weighted by atomic mass is 16.5. The number of methoxy groups -OCH3 is 1. The van der Waals surface area contributed by atoms with Gasteiger partial charge >= 0.3 is 5.97 Å². The van der Waals surface area contributed by atoms with E-state index < -0.39 is 23.7 Å². The lowest BCUT2D eigenvalue weighted by atomic mass is 9.95. The number of carbonyl (C=O) groups excluding carboxylic acids is 3. The first-order valence-electron chi connectivity index (χ1n) is 10.6. The predicted molar refractivity (Wildman–Crippen MR) is 125 cm³/mol. The first-order chi connectivity index (χ1) is 16.3. The Morgan fingerprint density at radius 3 is 2.09 bits per heavy atom. The molecule has 1 amide bonds. The highest BCUT2D eigenvalue weighted by Gasteiger charge is 2.46. The Morgan fingerprint density at radius 2 is 1.50 bits per heavy atom. The zero-order chi connectivity index (χ0) is 24.4. The van der Waals surface area contributed by atoms with Gasteiger partial charge in [-0.2, -0.15) is 0 Å². The Hall–Kier alpha value is -4.39. The van der Waals surface area contributed by atoms with E-state index in [9.17, 15) is 24.6 Å². The zero-order valence-corrected chi connectivity index (χ0v) is 18.7. The number of likely N-dealkylation sites (tertiary alicyclic amines) is 1. The van der Waals surface area contributed by atoms with Gasteiger partial charge in [0.2, 0.25) is 0 Å². The number of aliphatic hydroxyl groups is 1. The highest BCUT2D eigenvalue weighted by Crippen LogP contribution is 2.40. The molecule has 3 aromatic carbocycles. The fourth-order valence-corrected chi connectivity index (χ4v) is 3.97. The lowest BCUT2D eigenvalue weighted by Gasteiger charge is -2.25. The zero-order valence-electron chi connectivity index (χ0n) is 18.7. The van der Waals surface area contributed by atoms with Crippen LogP contribution in [0.5, 0.6) is 5.75 Å². The van der Waals surface area contributed by atoms with Crippen molar-refractivity contribution < 1.29 is 29.3 Å². The number of aliphatic hydroxyl groups excluding tert-OH is 1. The lowest BCUT2D eigenvalue weighted by Crippen LogP contribution is -2.29. The van der Waals surface area contributed by atoms with Crippen molar-refractivity contribution in [3.05, 3.63) is 106 Å². The van der Waals surface area contributed by atoms with Gasteiger partial charge in [-0.25, -0.2) is 4.79 Å². The molecule has 0 bridgehead atoms. The summed E-state index contributed by atoms with van der Waals surface area (Å²) in [6.07, 6.45) is 0. The van der Waals surface area contributed by atoms with Crippen LogP contribution in [0.2, 0.25) is 0 Å². The second-order valence-electron chi connectivity index (χ2n) is 8.07. The normalized spacial score (nSPS) is 17.1. The molecule has 1 heterocycles. The van der Waals surface area contributed by atoms with Crippen molar-refractivity contribution in [1.29, 1.82) is 0 Å². The molecule has 1 atom stereocenters. The number of ketones is 1. The number of aryl methyl sites for hydroxylation is 1. The second-order valence-corrected chi connectivity index (χ2v) is 8.07. The summed E-state index contributed by atoms with van der Waals surface area (Å²) in [5.41, 5.74) is 3.01. The number of benzene rings is 3. The maximum absolute atomic E-state index is 13.1. The molecule has 7 heteroatoms. The predicted octanol–water partition coefficient (Wildman–Crippen LogP) is 4.11. The summed E-state index contributed by atoms with van der Waals surface area (Å²) >= 11 is 0. The Balaban J connectivity index is 1.78. The van der Waals surface area contributed by atoms with Gasteiger partial charge in [-0.1, -0.05) is 54.1 Å². The monoisotopic (exact) mass is 457 g/mol. The van der Waals surface area contributed by atoms with E-state index >= 15 is 0 Å².